The van der Waals surface area contributed by atoms with E-state index in [1.807, 2.05) is 36.5 Å². The van der Waals surface area contributed by atoms with E-state index in [4.69, 9.17) is 19.1 Å². The lowest BCUT2D eigenvalue weighted by atomic mass is 10.0. The van der Waals surface area contributed by atoms with Crippen LogP contribution in [0.1, 0.15) is 187 Å². The molecule has 0 aliphatic heterocycles. The number of esters is 2. The molecule has 4 atom stereocenters. The van der Waals surface area contributed by atoms with Crippen LogP contribution in [-0.2, 0) is 32.7 Å². The lowest BCUT2D eigenvalue weighted by molar-refractivity contribution is -0.161. The Morgan fingerprint density at radius 1 is 0.607 bits per heavy atom. The fraction of sp³-hybridized carbons (Fsp3) is 0.818. The molecule has 0 aromatic heterocycles. The highest BCUT2D eigenvalue weighted by atomic mass is 31.2. The maximum atomic E-state index is 12.6. The molecule has 0 amide bonds. The minimum absolute atomic E-state index is 0.0823. The Morgan fingerprint density at radius 3 is 1.70 bits per heavy atom. The summed E-state index contributed by atoms with van der Waals surface area (Å²) in [5.41, 5.74) is 0. The van der Waals surface area contributed by atoms with Crippen LogP contribution in [0.3, 0.4) is 0 Å². The summed E-state index contributed by atoms with van der Waals surface area (Å²) < 4.78 is 32.6. The molecule has 0 saturated carbocycles. The van der Waals surface area contributed by atoms with Gasteiger partial charge in [-0.1, -0.05) is 179 Å². The fourth-order valence-electron chi connectivity index (χ4n) is 5.94. The van der Waals surface area contributed by atoms with Gasteiger partial charge in [-0.3, -0.25) is 18.6 Å². The molecule has 0 rings (SSSR count). The highest BCUT2D eigenvalue weighted by molar-refractivity contribution is 7.47. The molecule has 4 N–H and O–H groups in total. The third-order valence-electron chi connectivity index (χ3n) is 9.40. The van der Waals surface area contributed by atoms with Gasteiger partial charge in [-0.25, -0.2) is 4.57 Å². The van der Waals surface area contributed by atoms with Crippen molar-refractivity contribution in [2.24, 2.45) is 0 Å². The zero-order chi connectivity index (χ0) is 41.4. The Morgan fingerprint density at radius 2 is 1.12 bits per heavy atom. The standard InChI is InChI=1S/C44H81O11P/c1-3-5-7-9-11-12-13-14-15-16-17-18-22-26-30-34-43(48)52-38-42(39-54-56(50,51)53-37-41(47)36-45)55-44(49)35-31-27-23-20-19-21-25-29-33-40(46)32-28-24-10-8-6-4-2/h20-21,23,25,29,33,40-42,45-47H,3-19,22,24,26-28,30-32,34-39H2,1-2H3,(H,50,51)/b23-20-,25-21-,33-29-. The van der Waals surface area contributed by atoms with Crippen LogP contribution in [0.4, 0.5) is 0 Å². The van der Waals surface area contributed by atoms with Crippen molar-refractivity contribution < 1.29 is 52.9 Å². The predicted molar refractivity (Wildman–Crippen MR) is 225 cm³/mol. The predicted octanol–water partition coefficient (Wildman–Crippen LogP) is 10.5. The Labute approximate surface area is 340 Å². The molecule has 0 bridgehead atoms. The van der Waals surface area contributed by atoms with Gasteiger partial charge in [-0.2, -0.15) is 0 Å². The molecule has 0 aliphatic carbocycles. The molecule has 12 heteroatoms. The number of carbonyl (C=O) groups excluding carboxylic acids is 2. The number of rotatable bonds is 41. The summed E-state index contributed by atoms with van der Waals surface area (Å²) in [5, 5.41) is 28.4. The van der Waals surface area contributed by atoms with Crippen LogP contribution < -0.4 is 0 Å². The lowest BCUT2D eigenvalue weighted by Gasteiger charge is -2.20. The van der Waals surface area contributed by atoms with Crippen molar-refractivity contribution in [2.45, 2.75) is 206 Å². The molecule has 11 nitrogen and oxygen atoms in total. The summed E-state index contributed by atoms with van der Waals surface area (Å²) in [6.45, 7) is 2.23. The summed E-state index contributed by atoms with van der Waals surface area (Å²) >= 11 is 0. The van der Waals surface area contributed by atoms with Crippen molar-refractivity contribution in [1.29, 1.82) is 0 Å². The van der Waals surface area contributed by atoms with E-state index in [-0.39, 0.29) is 19.4 Å². The number of hydrogen-bond donors (Lipinski definition) is 4. The second kappa shape index (κ2) is 40.0. The molecule has 0 heterocycles. The number of phosphoric ester groups is 1. The summed E-state index contributed by atoms with van der Waals surface area (Å²) in [4.78, 5) is 35.0. The molecule has 4 unspecified atom stereocenters. The third kappa shape index (κ3) is 39.0. The highest BCUT2D eigenvalue weighted by Crippen LogP contribution is 2.43. The van der Waals surface area contributed by atoms with E-state index in [1.54, 1.807) is 0 Å². The molecule has 56 heavy (non-hydrogen) atoms. The maximum Gasteiger partial charge on any atom is 0.472 e. The first kappa shape index (κ1) is 54.2. The molecular weight excluding hydrogens is 735 g/mol. The van der Waals surface area contributed by atoms with Gasteiger partial charge >= 0.3 is 19.8 Å². The fourth-order valence-corrected chi connectivity index (χ4v) is 6.73. The average Bonchev–Trinajstić information content (AvgIpc) is 3.18. The number of phosphoric acid groups is 1. The number of allylic oxidation sites excluding steroid dienone is 5. The Balaban J connectivity index is 4.43. The lowest BCUT2D eigenvalue weighted by Crippen LogP contribution is -2.29. The Hall–Kier alpha value is -1.85. The summed E-state index contributed by atoms with van der Waals surface area (Å²) in [6.07, 6.45) is 37.1. The van der Waals surface area contributed by atoms with Crippen molar-refractivity contribution in [3.63, 3.8) is 0 Å². The largest absolute Gasteiger partial charge is 0.472 e. The van der Waals surface area contributed by atoms with E-state index in [2.05, 4.69) is 18.4 Å². The second-order valence-corrected chi connectivity index (χ2v) is 16.4. The topological polar surface area (TPSA) is 169 Å². The van der Waals surface area contributed by atoms with Gasteiger partial charge in [0.2, 0.25) is 0 Å². The molecular formula is C44H81O11P. The van der Waals surface area contributed by atoms with Crippen LogP contribution in [0.2, 0.25) is 0 Å². The molecule has 0 aliphatic rings. The van der Waals surface area contributed by atoms with Crippen molar-refractivity contribution in [2.75, 3.05) is 26.4 Å². The van der Waals surface area contributed by atoms with Crippen molar-refractivity contribution in [1.82, 2.24) is 0 Å². The van der Waals surface area contributed by atoms with Crippen LogP contribution in [0, 0.1) is 0 Å². The Kier molecular flexibility index (Phi) is 38.6. The van der Waals surface area contributed by atoms with Crippen LogP contribution in [0.5, 0.6) is 0 Å². The van der Waals surface area contributed by atoms with Gasteiger partial charge in [0.1, 0.15) is 12.7 Å². The number of unbranched alkanes of at least 4 members (excludes halogenated alkanes) is 20. The molecule has 0 aromatic carbocycles. The number of hydrogen-bond acceptors (Lipinski definition) is 10. The van der Waals surface area contributed by atoms with E-state index in [9.17, 15) is 29.3 Å². The molecule has 0 radical (unpaired) electrons. The third-order valence-corrected chi connectivity index (χ3v) is 10.4. The smallest absolute Gasteiger partial charge is 0.462 e. The van der Waals surface area contributed by atoms with Crippen molar-refractivity contribution in [3.8, 4) is 0 Å². The SMILES string of the molecule is CCCCCCCCCCCCCCCCCC(=O)OCC(COP(=O)(O)OCC(O)CO)OC(=O)CCC/C=C\C/C=C\C=C/C(O)CCCCCCCC. The monoisotopic (exact) mass is 817 g/mol. The van der Waals surface area contributed by atoms with Crippen molar-refractivity contribution >= 4 is 19.8 Å². The van der Waals surface area contributed by atoms with Crippen LogP contribution >= 0.6 is 7.82 Å². The zero-order valence-corrected chi connectivity index (χ0v) is 36.1. The normalized spacial score (nSPS) is 14.8. The molecule has 0 aromatic rings. The average molecular weight is 817 g/mol. The van der Waals surface area contributed by atoms with E-state index in [1.165, 1.54) is 96.3 Å². The van der Waals surface area contributed by atoms with Gasteiger partial charge < -0.3 is 29.7 Å². The van der Waals surface area contributed by atoms with E-state index < -0.39 is 57.9 Å². The first-order valence-electron chi connectivity index (χ1n) is 22.1. The van der Waals surface area contributed by atoms with Gasteiger partial charge in [0, 0.05) is 12.8 Å². The minimum Gasteiger partial charge on any atom is -0.462 e. The van der Waals surface area contributed by atoms with Gasteiger partial charge in [0.05, 0.1) is 25.9 Å². The Bertz CT molecular complexity index is 1050. The number of aliphatic hydroxyl groups is 3. The minimum atomic E-state index is -4.64. The summed E-state index contributed by atoms with van der Waals surface area (Å²) in [7, 11) is -4.64. The van der Waals surface area contributed by atoms with Crippen LogP contribution in [0.15, 0.2) is 36.5 Å². The van der Waals surface area contributed by atoms with E-state index >= 15 is 0 Å². The van der Waals surface area contributed by atoms with Crippen molar-refractivity contribution in [3.05, 3.63) is 36.5 Å². The zero-order valence-electron chi connectivity index (χ0n) is 35.2. The molecule has 328 valence electrons. The first-order valence-corrected chi connectivity index (χ1v) is 23.5. The number of carbonyl (C=O) groups is 2. The van der Waals surface area contributed by atoms with E-state index in [0.717, 1.165) is 38.5 Å². The summed E-state index contributed by atoms with van der Waals surface area (Å²) in [6, 6.07) is 0. The van der Waals surface area contributed by atoms with Gasteiger partial charge in [-0.05, 0) is 32.1 Å². The first-order chi connectivity index (χ1) is 27.1. The number of aliphatic hydroxyl groups excluding tert-OH is 3. The summed E-state index contributed by atoms with van der Waals surface area (Å²) in [5.74, 6) is -1.02. The van der Waals surface area contributed by atoms with Gasteiger partial charge in [-0.15, -0.1) is 0 Å². The van der Waals surface area contributed by atoms with Crippen LogP contribution in [-0.4, -0.2) is 76.9 Å². The second-order valence-electron chi connectivity index (χ2n) is 14.9. The number of ether oxygens (including phenoxy) is 2. The van der Waals surface area contributed by atoms with Crippen LogP contribution in [0.25, 0.3) is 0 Å². The van der Waals surface area contributed by atoms with Gasteiger partial charge in [0.25, 0.3) is 0 Å². The molecule has 0 spiro atoms. The maximum absolute atomic E-state index is 12.6. The quantitative estimate of drug-likeness (QED) is 0.0152. The molecule has 0 saturated heterocycles. The van der Waals surface area contributed by atoms with Gasteiger partial charge in [0.15, 0.2) is 6.10 Å². The van der Waals surface area contributed by atoms with E-state index in [0.29, 0.717) is 25.7 Å². The molecule has 0 fully saturated rings. The highest BCUT2D eigenvalue weighted by Gasteiger charge is 2.27.